The summed E-state index contributed by atoms with van der Waals surface area (Å²) in [6.45, 7) is 0.392. The molecule has 5 atom stereocenters. The Balaban J connectivity index is 2.21. The van der Waals surface area contributed by atoms with E-state index in [2.05, 4.69) is 5.32 Å². The Labute approximate surface area is 138 Å². The number of hydrogen-bond acceptors (Lipinski definition) is 8. The lowest BCUT2D eigenvalue weighted by Crippen LogP contribution is -2.61. The summed E-state index contributed by atoms with van der Waals surface area (Å²) in [6.07, 6.45) is -8.25. The molecule has 1 aromatic rings. The van der Waals surface area contributed by atoms with Crippen molar-refractivity contribution in [3.05, 3.63) is 23.8 Å². The van der Waals surface area contributed by atoms with E-state index in [0.29, 0.717) is 12.3 Å². The van der Waals surface area contributed by atoms with E-state index in [1.54, 1.807) is 32.4 Å². The van der Waals surface area contributed by atoms with Crippen LogP contribution in [0.5, 0.6) is 5.75 Å². The zero-order valence-electron chi connectivity index (χ0n) is 13.2. The molecule has 0 aromatic heterocycles. The molecule has 0 bridgehead atoms. The Bertz CT molecular complexity index is 581. The number of rotatable bonds is 6. The van der Waals surface area contributed by atoms with Gasteiger partial charge in [0.1, 0.15) is 24.1 Å². The Morgan fingerprint density at radius 2 is 1.96 bits per heavy atom. The number of benzene rings is 1. The highest BCUT2D eigenvalue weighted by Crippen LogP contribution is 2.30. The third kappa shape index (κ3) is 3.77. The monoisotopic (exact) mass is 343 g/mol. The number of anilines is 1. The van der Waals surface area contributed by atoms with E-state index in [0.717, 1.165) is 5.56 Å². The molecule has 0 radical (unpaired) electrons. The average Bonchev–Trinajstić information content (AvgIpc) is 2.56. The number of aliphatic hydroxyl groups is 3. The first-order chi connectivity index (χ1) is 11.4. The highest BCUT2D eigenvalue weighted by Gasteiger charge is 2.48. The van der Waals surface area contributed by atoms with Gasteiger partial charge in [-0.1, -0.05) is 6.07 Å². The first-order valence-corrected chi connectivity index (χ1v) is 7.27. The average molecular weight is 343 g/mol. The van der Waals surface area contributed by atoms with Crippen LogP contribution in [0.1, 0.15) is 5.56 Å². The van der Waals surface area contributed by atoms with Gasteiger partial charge in [-0.05, 0) is 17.7 Å². The van der Waals surface area contributed by atoms with Gasteiger partial charge in [-0.25, -0.2) is 4.79 Å². The summed E-state index contributed by atoms with van der Waals surface area (Å²) in [5.74, 6) is -1.18. The Kier molecular flexibility index (Phi) is 5.97. The molecule has 1 saturated heterocycles. The fourth-order valence-corrected chi connectivity index (χ4v) is 2.41. The van der Waals surface area contributed by atoms with Crippen molar-refractivity contribution in [3.8, 4) is 5.75 Å². The van der Waals surface area contributed by atoms with E-state index in [9.17, 15) is 20.1 Å². The number of aliphatic hydroxyl groups excluding tert-OH is 3. The van der Waals surface area contributed by atoms with Crippen LogP contribution in [0, 0.1) is 0 Å². The number of aliphatic carboxylic acids is 1. The molecule has 134 valence electrons. The van der Waals surface area contributed by atoms with Crippen LogP contribution in [0.25, 0.3) is 0 Å². The van der Waals surface area contributed by atoms with Crippen LogP contribution in [0.3, 0.4) is 0 Å². The van der Waals surface area contributed by atoms with Crippen molar-refractivity contribution < 1.29 is 39.4 Å². The number of carbonyl (C=O) groups is 1. The quantitative estimate of drug-likeness (QED) is 0.447. The van der Waals surface area contributed by atoms with Gasteiger partial charge in [-0.3, -0.25) is 0 Å². The fraction of sp³-hybridized carbons (Fsp3) is 0.533. The molecular weight excluding hydrogens is 322 g/mol. The van der Waals surface area contributed by atoms with Crippen molar-refractivity contribution in [1.29, 1.82) is 0 Å². The zero-order valence-corrected chi connectivity index (χ0v) is 13.2. The number of carboxylic acid groups (broad SMARTS) is 1. The number of hydrogen-bond donors (Lipinski definition) is 5. The summed E-state index contributed by atoms with van der Waals surface area (Å²) in [4.78, 5) is 11.1. The summed E-state index contributed by atoms with van der Waals surface area (Å²) in [5, 5.41) is 41.4. The number of methoxy groups -OCH3 is 1. The van der Waals surface area contributed by atoms with Crippen molar-refractivity contribution >= 4 is 11.7 Å². The first kappa shape index (κ1) is 18.4. The molecule has 0 aliphatic carbocycles. The smallest absolute Gasteiger partial charge is 0.335 e. The van der Waals surface area contributed by atoms with Gasteiger partial charge in [0.15, 0.2) is 6.10 Å². The molecule has 1 fully saturated rings. The first-order valence-electron chi connectivity index (χ1n) is 7.27. The van der Waals surface area contributed by atoms with Crippen molar-refractivity contribution in [3.63, 3.8) is 0 Å². The molecule has 24 heavy (non-hydrogen) atoms. The van der Waals surface area contributed by atoms with Crippen molar-refractivity contribution in [2.24, 2.45) is 0 Å². The highest BCUT2D eigenvalue weighted by atomic mass is 16.7. The number of nitrogens with one attached hydrogen (secondary N) is 1. The number of carboxylic acids is 1. The van der Waals surface area contributed by atoms with Crippen LogP contribution >= 0.6 is 0 Å². The van der Waals surface area contributed by atoms with E-state index in [4.69, 9.17) is 19.3 Å². The summed E-state index contributed by atoms with van der Waals surface area (Å²) >= 11 is 0. The van der Waals surface area contributed by atoms with Crippen LogP contribution in [-0.4, -0.2) is 71.3 Å². The molecule has 0 saturated carbocycles. The molecule has 1 aliphatic heterocycles. The van der Waals surface area contributed by atoms with Crippen molar-refractivity contribution in [1.82, 2.24) is 0 Å². The predicted molar refractivity (Wildman–Crippen MR) is 81.6 cm³/mol. The Hall–Kier alpha value is -1.91. The minimum absolute atomic E-state index is 0.286. The molecule has 9 nitrogen and oxygen atoms in total. The van der Waals surface area contributed by atoms with Gasteiger partial charge in [0, 0.05) is 14.2 Å². The maximum absolute atomic E-state index is 11.1. The molecule has 0 spiro atoms. The van der Waals surface area contributed by atoms with Crippen LogP contribution in [0.4, 0.5) is 5.69 Å². The molecule has 0 amide bonds. The summed E-state index contributed by atoms with van der Waals surface area (Å²) < 4.78 is 15.6. The topological polar surface area (TPSA) is 138 Å². The van der Waals surface area contributed by atoms with Crippen molar-refractivity contribution in [2.45, 2.75) is 37.3 Å². The van der Waals surface area contributed by atoms with Gasteiger partial charge in [-0.15, -0.1) is 0 Å². The molecule has 1 aliphatic rings. The van der Waals surface area contributed by atoms with E-state index < -0.39 is 36.7 Å². The number of ether oxygens (including phenoxy) is 3. The fourth-order valence-electron chi connectivity index (χ4n) is 2.41. The van der Waals surface area contributed by atoms with Gasteiger partial charge in [0.2, 0.25) is 6.29 Å². The maximum atomic E-state index is 11.1. The van der Waals surface area contributed by atoms with E-state index in [-0.39, 0.29) is 5.75 Å². The van der Waals surface area contributed by atoms with Crippen LogP contribution in [0.2, 0.25) is 0 Å². The van der Waals surface area contributed by atoms with Gasteiger partial charge >= 0.3 is 5.97 Å². The van der Waals surface area contributed by atoms with Crippen LogP contribution in [-0.2, 0) is 20.9 Å². The Morgan fingerprint density at radius 1 is 1.25 bits per heavy atom. The van der Waals surface area contributed by atoms with Gasteiger partial charge < -0.3 is 40.0 Å². The minimum Gasteiger partial charge on any atom is -0.479 e. The van der Waals surface area contributed by atoms with Crippen LogP contribution in [0.15, 0.2) is 18.2 Å². The SMILES string of the molecule is CNc1cc(COC)ccc1OC1OC(C(=O)O)C(O)C(O)C1O. The predicted octanol–water partition coefficient (Wildman–Crippen LogP) is -0.854. The zero-order chi connectivity index (χ0) is 17.9. The standard InChI is InChI=1S/C15H21NO8/c1-16-8-5-7(6-22-2)3-4-9(8)23-15-12(19)10(17)11(18)13(24-15)14(20)21/h3-5,10-13,15-19H,6H2,1-2H3,(H,20,21). The normalized spacial score (nSPS) is 30.0. The minimum atomic E-state index is -1.76. The van der Waals surface area contributed by atoms with E-state index >= 15 is 0 Å². The molecule has 2 rings (SSSR count). The molecule has 1 heterocycles. The van der Waals surface area contributed by atoms with Crippen molar-refractivity contribution in [2.75, 3.05) is 19.5 Å². The third-order valence-electron chi connectivity index (χ3n) is 3.68. The second-order valence-electron chi connectivity index (χ2n) is 5.37. The maximum Gasteiger partial charge on any atom is 0.335 e. The lowest BCUT2D eigenvalue weighted by molar-refractivity contribution is -0.271. The summed E-state index contributed by atoms with van der Waals surface area (Å²) in [6, 6.07) is 5.09. The van der Waals surface area contributed by atoms with E-state index in [1.807, 2.05) is 0 Å². The van der Waals surface area contributed by atoms with Crippen LogP contribution < -0.4 is 10.1 Å². The molecule has 5 unspecified atom stereocenters. The lowest BCUT2D eigenvalue weighted by Gasteiger charge is -2.38. The largest absolute Gasteiger partial charge is 0.479 e. The van der Waals surface area contributed by atoms with Gasteiger partial charge in [0.05, 0.1) is 12.3 Å². The summed E-state index contributed by atoms with van der Waals surface area (Å²) in [7, 11) is 3.23. The lowest BCUT2D eigenvalue weighted by atomic mass is 9.99. The highest BCUT2D eigenvalue weighted by molar-refractivity contribution is 5.73. The Morgan fingerprint density at radius 3 is 2.54 bits per heavy atom. The van der Waals surface area contributed by atoms with E-state index in [1.165, 1.54) is 0 Å². The molecule has 9 heteroatoms. The molecule has 5 N–H and O–H groups in total. The molecule has 1 aromatic carbocycles. The van der Waals surface area contributed by atoms with Gasteiger partial charge in [0.25, 0.3) is 0 Å². The second kappa shape index (κ2) is 7.77. The summed E-state index contributed by atoms with van der Waals surface area (Å²) in [5.41, 5.74) is 1.44. The second-order valence-corrected chi connectivity index (χ2v) is 5.37. The third-order valence-corrected chi connectivity index (χ3v) is 3.68. The van der Waals surface area contributed by atoms with Gasteiger partial charge in [-0.2, -0.15) is 0 Å². The molecular formula is C15H21NO8.